The SMILES string of the molecule is Nc1ncc(-c2cccc(B(O)O)c2)[nH]1. The average molecular weight is 203 g/mol. The summed E-state index contributed by atoms with van der Waals surface area (Å²) in [7, 11) is -1.47. The minimum absolute atomic E-state index is 0.333. The van der Waals surface area contributed by atoms with Gasteiger partial charge in [-0.1, -0.05) is 24.3 Å². The van der Waals surface area contributed by atoms with Crippen molar-refractivity contribution < 1.29 is 10.0 Å². The molecule has 2 aromatic rings. The van der Waals surface area contributed by atoms with E-state index in [0.29, 0.717) is 11.4 Å². The Morgan fingerprint density at radius 1 is 1.33 bits per heavy atom. The highest BCUT2D eigenvalue weighted by atomic mass is 16.4. The van der Waals surface area contributed by atoms with E-state index in [-0.39, 0.29) is 0 Å². The fraction of sp³-hybridized carbons (Fsp3) is 0. The minimum atomic E-state index is -1.47. The van der Waals surface area contributed by atoms with E-state index in [1.54, 1.807) is 24.4 Å². The van der Waals surface area contributed by atoms with E-state index in [9.17, 15) is 0 Å². The number of anilines is 1. The number of hydrogen-bond acceptors (Lipinski definition) is 4. The molecule has 0 spiro atoms. The van der Waals surface area contributed by atoms with Crippen molar-refractivity contribution in [2.45, 2.75) is 0 Å². The van der Waals surface area contributed by atoms with Crippen LogP contribution in [0.5, 0.6) is 0 Å². The zero-order valence-corrected chi connectivity index (χ0v) is 7.88. The molecule has 1 aromatic carbocycles. The minimum Gasteiger partial charge on any atom is -0.423 e. The number of nitrogens with zero attached hydrogens (tertiary/aromatic N) is 1. The Hall–Kier alpha value is -1.79. The normalized spacial score (nSPS) is 10.3. The van der Waals surface area contributed by atoms with Crippen LogP contribution in [0.1, 0.15) is 0 Å². The van der Waals surface area contributed by atoms with Gasteiger partial charge in [0, 0.05) is 0 Å². The highest BCUT2D eigenvalue weighted by molar-refractivity contribution is 6.58. The Morgan fingerprint density at radius 2 is 2.13 bits per heavy atom. The van der Waals surface area contributed by atoms with Crippen molar-refractivity contribution in [2.24, 2.45) is 0 Å². The molecule has 2 rings (SSSR count). The number of benzene rings is 1. The second-order valence-corrected chi connectivity index (χ2v) is 3.18. The molecule has 0 amide bonds. The Bertz CT molecular complexity index is 470. The molecule has 0 aliphatic carbocycles. The van der Waals surface area contributed by atoms with Crippen molar-refractivity contribution in [3.63, 3.8) is 0 Å². The Labute approximate surface area is 86.7 Å². The second-order valence-electron chi connectivity index (χ2n) is 3.18. The monoisotopic (exact) mass is 203 g/mol. The van der Waals surface area contributed by atoms with Gasteiger partial charge in [0.25, 0.3) is 0 Å². The molecular formula is C9H10BN3O2. The highest BCUT2D eigenvalue weighted by Gasteiger charge is 2.11. The molecule has 0 radical (unpaired) electrons. The van der Waals surface area contributed by atoms with E-state index < -0.39 is 7.12 Å². The van der Waals surface area contributed by atoms with Gasteiger partial charge in [-0.2, -0.15) is 0 Å². The van der Waals surface area contributed by atoms with Crippen molar-refractivity contribution in [1.82, 2.24) is 9.97 Å². The largest absolute Gasteiger partial charge is 0.488 e. The molecule has 6 heteroatoms. The van der Waals surface area contributed by atoms with Crippen LogP contribution in [0.25, 0.3) is 11.3 Å². The molecule has 5 nitrogen and oxygen atoms in total. The van der Waals surface area contributed by atoms with Gasteiger partial charge in [-0.3, -0.25) is 0 Å². The van der Waals surface area contributed by atoms with Gasteiger partial charge >= 0.3 is 7.12 Å². The molecule has 1 aromatic heterocycles. The first-order valence-corrected chi connectivity index (χ1v) is 4.44. The average Bonchev–Trinajstić information content (AvgIpc) is 2.65. The van der Waals surface area contributed by atoms with Crippen LogP contribution < -0.4 is 11.2 Å². The lowest BCUT2D eigenvalue weighted by molar-refractivity contribution is 0.426. The fourth-order valence-corrected chi connectivity index (χ4v) is 1.35. The third kappa shape index (κ3) is 2.00. The molecule has 1 heterocycles. The molecule has 0 atom stereocenters. The molecule has 0 saturated heterocycles. The van der Waals surface area contributed by atoms with Crippen molar-refractivity contribution in [1.29, 1.82) is 0 Å². The van der Waals surface area contributed by atoms with Gasteiger partial charge in [0.1, 0.15) is 0 Å². The molecular weight excluding hydrogens is 193 g/mol. The number of aromatic amines is 1. The number of aromatic nitrogens is 2. The number of nitrogen functional groups attached to an aromatic ring is 1. The zero-order valence-electron chi connectivity index (χ0n) is 7.88. The summed E-state index contributed by atoms with van der Waals surface area (Å²) in [6, 6.07) is 6.87. The second kappa shape index (κ2) is 3.76. The molecule has 0 bridgehead atoms. The summed E-state index contributed by atoms with van der Waals surface area (Å²) in [5, 5.41) is 18.0. The van der Waals surface area contributed by atoms with Crippen LogP contribution in [-0.4, -0.2) is 27.1 Å². The third-order valence-corrected chi connectivity index (χ3v) is 2.09. The van der Waals surface area contributed by atoms with E-state index in [1.807, 2.05) is 6.07 Å². The number of rotatable bonds is 2. The van der Waals surface area contributed by atoms with Gasteiger partial charge in [0.15, 0.2) is 5.95 Å². The van der Waals surface area contributed by atoms with Gasteiger partial charge in [-0.15, -0.1) is 0 Å². The van der Waals surface area contributed by atoms with Crippen LogP contribution >= 0.6 is 0 Å². The molecule has 0 fully saturated rings. The molecule has 15 heavy (non-hydrogen) atoms. The summed E-state index contributed by atoms with van der Waals surface area (Å²) in [5.41, 5.74) is 7.43. The lowest BCUT2D eigenvalue weighted by atomic mass is 9.79. The zero-order chi connectivity index (χ0) is 10.8. The molecule has 0 aliphatic rings. The van der Waals surface area contributed by atoms with Crippen LogP contribution in [0, 0.1) is 0 Å². The van der Waals surface area contributed by atoms with Gasteiger partial charge < -0.3 is 20.8 Å². The first kappa shape index (κ1) is 9.76. The van der Waals surface area contributed by atoms with Gasteiger partial charge in [0.2, 0.25) is 0 Å². The number of nitrogens with one attached hydrogen (secondary N) is 1. The van der Waals surface area contributed by atoms with Crippen molar-refractivity contribution >= 4 is 18.5 Å². The summed E-state index contributed by atoms with van der Waals surface area (Å²) in [6.45, 7) is 0. The van der Waals surface area contributed by atoms with Crippen LogP contribution in [0.3, 0.4) is 0 Å². The molecule has 5 N–H and O–H groups in total. The van der Waals surface area contributed by atoms with Gasteiger partial charge in [-0.25, -0.2) is 4.98 Å². The summed E-state index contributed by atoms with van der Waals surface area (Å²) in [5.74, 6) is 0.333. The number of nitrogens with two attached hydrogens (primary N) is 1. The van der Waals surface area contributed by atoms with Crippen LogP contribution in [0.4, 0.5) is 5.95 Å². The third-order valence-electron chi connectivity index (χ3n) is 2.09. The topological polar surface area (TPSA) is 95.2 Å². The van der Waals surface area contributed by atoms with Crippen molar-refractivity contribution in [2.75, 3.05) is 5.73 Å². The van der Waals surface area contributed by atoms with E-state index in [4.69, 9.17) is 15.8 Å². The molecule has 76 valence electrons. The van der Waals surface area contributed by atoms with Crippen LogP contribution in [-0.2, 0) is 0 Å². The summed E-state index contributed by atoms with van der Waals surface area (Å²) < 4.78 is 0. The Morgan fingerprint density at radius 3 is 2.73 bits per heavy atom. The summed E-state index contributed by atoms with van der Waals surface area (Å²) >= 11 is 0. The number of H-pyrrole nitrogens is 1. The smallest absolute Gasteiger partial charge is 0.423 e. The van der Waals surface area contributed by atoms with E-state index in [2.05, 4.69) is 9.97 Å². The van der Waals surface area contributed by atoms with Crippen molar-refractivity contribution in [3.05, 3.63) is 30.5 Å². The van der Waals surface area contributed by atoms with E-state index in [0.717, 1.165) is 11.3 Å². The maximum atomic E-state index is 9.01. The maximum Gasteiger partial charge on any atom is 0.488 e. The standard InChI is InChI=1S/C9H10BN3O2/c11-9-12-5-8(13-9)6-2-1-3-7(4-6)10(14)15/h1-5,14-15H,(H3,11,12,13). The van der Waals surface area contributed by atoms with E-state index >= 15 is 0 Å². The van der Waals surface area contributed by atoms with Crippen molar-refractivity contribution in [3.8, 4) is 11.3 Å². The predicted molar refractivity (Wildman–Crippen MR) is 58.3 cm³/mol. The van der Waals surface area contributed by atoms with Crippen LogP contribution in [0.2, 0.25) is 0 Å². The first-order valence-electron chi connectivity index (χ1n) is 4.44. The molecule has 0 saturated carbocycles. The summed E-state index contributed by atoms with van der Waals surface area (Å²) in [4.78, 5) is 6.73. The highest BCUT2D eigenvalue weighted by Crippen LogP contribution is 2.15. The Kier molecular flexibility index (Phi) is 2.45. The van der Waals surface area contributed by atoms with E-state index in [1.165, 1.54) is 0 Å². The predicted octanol–water partition coefficient (Wildman–Crippen LogP) is -0.661. The number of imidazole rings is 1. The van der Waals surface area contributed by atoms with Gasteiger partial charge in [0.05, 0.1) is 11.9 Å². The van der Waals surface area contributed by atoms with Crippen LogP contribution in [0.15, 0.2) is 30.5 Å². The Balaban J connectivity index is 2.41. The molecule has 0 aliphatic heterocycles. The summed E-state index contributed by atoms with van der Waals surface area (Å²) in [6.07, 6.45) is 1.60. The lowest BCUT2D eigenvalue weighted by Gasteiger charge is -2.01. The number of hydrogen-bond donors (Lipinski definition) is 4. The lowest BCUT2D eigenvalue weighted by Crippen LogP contribution is -2.29. The first-order chi connectivity index (χ1) is 7.16. The quantitative estimate of drug-likeness (QED) is 0.487. The fourth-order valence-electron chi connectivity index (χ4n) is 1.35. The molecule has 0 unspecified atom stereocenters. The maximum absolute atomic E-state index is 9.01. The van der Waals surface area contributed by atoms with Gasteiger partial charge in [-0.05, 0) is 11.0 Å².